The summed E-state index contributed by atoms with van der Waals surface area (Å²) in [5, 5.41) is 17.8. The van der Waals surface area contributed by atoms with Crippen LogP contribution in [-0.2, 0) is 24.8 Å². The summed E-state index contributed by atoms with van der Waals surface area (Å²) in [7, 11) is 3.51. The van der Waals surface area contributed by atoms with Crippen molar-refractivity contribution in [2.24, 2.45) is 7.05 Å². The van der Waals surface area contributed by atoms with E-state index in [4.69, 9.17) is 37.8 Å². The fourth-order valence-corrected chi connectivity index (χ4v) is 8.40. The number of aromatic nitrogens is 4. The highest BCUT2D eigenvalue weighted by molar-refractivity contribution is 6.35. The fraction of sp³-hybridized carbons (Fsp3) is 0.341. The van der Waals surface area contributed by atoms with E-state index in [1.54, 1.807) is 22.6 Å². The number of hydrogen-bond donors (Lipinski definition) is 1. The number of benzene rings is 3. The number of amides is 1. The average Bonchev–Trinajstić information content (AvgIpc) is 3.75. The zero-order chi connectivity index (χ0) is 37.9. The number of nitrogens with zero attached hydrogens (tertiary/aromatic N) is 5. The zero-order valence-corrected chi connectivity index (χ0v) is 32.5. The summed E-state index contributed by atoms with van der Waals surface area (Å²) in [6.07, 6.45) is 1.22. The van der Waals surface area contributed by atoms with Crippen molar-refractivity contribution in [3.8, 4) is 16.9 Å². The maximum absolute atomic E-state index is 15.1. The van der Waals surface area contributed by atoms with Gasteiger partial charge in [-0.05, 0) is 101 Å². The number of methoxy groups -OCH3 is 1. The van der Waals surface area contributed by atoms with E-state index in [1.807, 2.05) is 81.9 Å². The molecule has 3 aromatic heterocycles. The predicted molar refractivity (Wildman–Crippen MR) is 211 cm³/mol. The zero-order valence-electron chi connectivity index (χ0n) is 31.0. The average molecular weight is 757 g/mol. The molecule has 3 aromatic carbocycles. The summed E-state index contributed by atoms with van der Waals surface area (Å²) in [6.45, 7) is 11.6. The van der Waals surface area contributed by atoms with Crippen LogP contribution < -0.4 is 9.64 Å². The van der Waals surface area contributed by atoms with Crippen LogP contribution in [0.15, 0.2) is 48.5 Å². The highest BCUT2D eigenvalue weighted by atomic mass is 35.5. The number of anilines is 1. The third kappa shape index (κ3) is 6.16. The van der Waals surface area contributed by atoms with Gasteiger partial charge in [0.05, 0.1) is 40.7 Å². The molecule has 0 bridgehead atoms. The minimum Gasteiger partial charge on any atom is -0.494 e. The Bertz CT molecular complexity index is 2420. The summed E-state index contributed by atoms with van der Waals surface area (Å²) in [4.78, 5) is 29.3. The van der Waals surface area contributed by atoms with E-state index in [0.717, 1.165) is 66.4 Å². The molecule has 7 rings (SSSR count). The van der Waals surface area contributed by atoms with E-state index in [2.05, 4.69) is 11.5 Å². The van der Waals surface area contributed by atoms with Gasteiger partial charge in [0.2, 0.25) is 0 Å². The third-order valence-electron chi connectivity index (χ3n) is 10.5. The molecule has 0 fully saturated rings. The smallest absolute Gasteiger partial charge is 0.352 e. The lowest BCUT2D eigenvalue weighted by Gasteiger charge is -2.34. The Morgan fingerprint density at radius 3 is 2.40 bits per heavy atom. The lowest BCUT2D eigenvalue weighted by molar-refractivity contribution is 0.0683. The molecule has 1 amide bonds. The van der Waals surface area contributed by atoms with Crippen molar-refractivity contribution in [2.45, 2.75) is 60.0 Å². The van der Waals surface area contributed by atoms with Gasteiger partial charge in [0.15, 0.2) is 0 Å². The molecule has 0 aliphatic carbocycles. The Hall–Kier alpha value is -4.77. The van der Waals surface area contributed by atoms with E-state index in [9.17, 15) is 9.90 Å². The molecular formula is C41H43Cl2N5O5. The Labute approximate surface area is 318 Å². The normalized spacial score (nSPS) is 14.5. The molecule has 0 radical (unpaired) electrons. The number of carbonyl (C=O) groups excluding carboxylic acids is 1. The van der Waals surface area contributed by atoms with Gasteiger partial charge in [0, 0.05) is 65.9 Å². The minimum absolute atomic E-state index is 0.143. The molecule has 6 aromatic rings. The first-order valence-corrected chi connectivity index (χ1v) is 18.5. The Balaban J connectivity index is 1.37. The largest absolute Gasteiger partial charge is 0.494 e. The summed E-state index contributed by atoms with van der Waals surface area (Å²) in [5.41, 5.74) is 9.51. The first-order chi connectivity index (χ1) is 25.3. The molecule has 1 N–H and O–H groups in total. The van der Waals surface area contributed by atoms with Crippen LogP contribution in [0, 0.1) is 27.7 Å². The quantitative estimate of drug-likeness (QED) is 0.132. The van der Waals surface area contributed by atoms with Gasteiger partial charge < -0.3 is 28.6 Å². The fourth-order valence-electron chi connectivity index (χ4n) is 8.04. The second-order valence-corrected chi connectivity index (χ2v) is 14.7. The topological polar surface area (TPSA) is 104 Å². The molecular weight excluding hydrogens is 713 g/mol. The number of fused-ring (bicyclic) bond motifs is 4. The number of carboxylic acid groups (broad SMARTS) is 1. The molecule has 1 unspecified atom stereocenters. The van der Waals surface area contributed by atoms with Gasteiger partial charge in [0.25, 0.3) is 5.91 Å². The van der Waals surface area contributed by atoms with Crippen molar-refractivity contribution in [1.29, 1.82) is 0 Å². The summed E-state index contributed by atoms with van der Waals surface area (Å²) >= 11 is 13.5. The first kappa shape index (κ1) is 36.6. The van der Waals surface area contributed by atoms with Crippen molar-refractivity contribution in [2.75, 3.05) is 31.8 Å². The van der Waals surface area contributed by atoms with Crippen molar-refractivity contribution in [1.82, 2.24) is 18.9 Å². The Morgan fingerprint density at radius 2 is 1.74 bits per heavy atom. The maximum Gasteiger partial charge on any atom is 0.352 e. The molecule has 12 heteroatoms. The van der Waals surface area contributed by atoms with Crippen LogP contribution in [0.4, 0.5) is 5.69 Å². The molecule has 276 valence electrons. The second-order valence-electron chi connectivity index (χ2n) is 14.0. The van der Waals surface area contributed by atoms with Crippen LogP contribution in [0.5, 0.6) is 5.75 Å². The molecule has 1 aliphatic rings. The van der Waals surface area contributed by atoms with Crippen LogP contribution in [0.3, 0.4) is 0 Å². The van der Waals surface area contributed by atoms with Crippen LogP contribution in [0.25, 0.3) is 32.9 Å². The first-order valence-electron chi connectivity index (χ1n) is 17.8. The van der Waals surface area contributed by atoms with Crippen molar-refractivity contribution in [3.63, 3.8) is 0 Å². The van der Waals surface area contributed by atoms with Gasteiger partial charge >= 0.3 is 5.97 Å². The molecule has 1 aliphatic heterocycles. The van der Waals surface area contributed by atoms with Gasteiger partial charge in [-0.25, -0.2) is 4.79 Å². The van der Waals surface area contributed by atoms with Gasteiger partial charge in [-0.15, -0.1) is 0 Å². The van der Waals surface area contributed by atoms with Gasteiger partial charge in [-0.1, -0.05) is 35.3 Å². The van der Waals surface area contributed by atoms with Crippen LogP contribution >= 0.6 is 23.2 Å². The number of hydrogen-bond acceptors (Lipinski definition) is 5. The minimum atomic E-state index is -1.04. The molecule has 0 spiro atoms. The number of halogens is 2. The number of ether oxygens (including phenoxy) is 2. The highest BCUT2D eigenvalue weighted by Gasteiger charge is 2.37. The van der Waals surface area contributed by atoms with Crippen LogP contribution in [0.1, 0.15) is 68.4 Å². The summed E-state index contributed by atoms with van der Waals surface area (Å²) < 4.78 is 17.3. The maximum atomic E-state index is 15.1. The van der Waals surface area contributed by atoms with E-state index in [-0.39, 0.29) is 17.6 Å². The molecule has 0 saturated heterocycles. The number of aromatic carboxylic acids is 1. The Kier molecular flexibility index (Phi) is 9.82. The van der Waals surface area contributed by atoms with Crippen molar-refractivity contribution in [3.05, 3.63) is 98.0 Å². The monoisotopic (exact) mass is 755 g/mol. The van der Waals surface area contributed by atoms with Crippen molar-refractivity contribution >= 4 is 62.6 Å². The highest BCUT2D eigenvalue weighted by Crippen LogP contribution is 2.45. The third-order valence-corrected chi connectivity index (χ3v) is 11.4. The van der Waals surface area contributed by atoms with Gasteiger partial charge in [0.1, 0.15) is 17.1 Å². The lowest BCUT2D eigenvalue weighted by Crippen LogP contribution is -2.42. The summed E-state index contributed by atoms with van der Waals surface area (Å²) in [6, 6.07) is 15.0. The lowest BCUT2D eigenvalue weighted by atomic mass is 9.98. The molecule has 53 heavy (non-hydrogen) atoms. The summed E-state index contributed by atoms with van der Waals surface area (Å²) in [5.74, 6) is -0.442. The molecule has 4 heterocycles. The van der Waals surface area contributed by atoms with Gasteiger partial charge in [-0.3, -0.25) is 9.48 Å². The van der Waals surface area contributed by atoms with Crippen molar-refractivity contribution < 1.29 is 24.2 Å². The van der Waals surface area contributed by atoms with E-state index in [0.29, 0.717) is 60.9 Å². The van der Waals surface area contributed by atoms with Crippen LogP contribution in [-0.4, -0.2) is 62.8 Å². The second kappa shape index (κ2) is 14.2. The van der Waals surface area contributed by atoms with E-state index >= 15 is 4.79 Å². The Morgan fingerprint density at radius 1 is 1.00 bits per heavy atom. The van der Waals surface area contributed by atoms with E-state index in [1.165, 1.54) is 0 Å². The number of rotatable bonds is 11. The standard InChI is InChI=1S/C41H43Cl2N5O5/c1-22-18-27(19-23(2)37(22)43)53-16-9-10-28-29-13-14-31(42)36(35-25(4)44-45(6)26(35)5)38(29)48-24(3)21-47(40(49)39(28)48)33-12-8-11-32-30(33)20-34(41(50)51)46(32)15-17-52-7/h8,11-14,18-20,24H,9-10,15-17,21H2,1-7H3,(H,50,51). The van der Waals surface area contributed by atoms with Gasteiger partial charge in [-0.2, -0.15) is 5.10 Å². The number of carbonyl (C=O) groups is 2. The predicted octanol–water partition coefficient (Wildman–Crippen LogP) is 9.11. The number of carboxylic acids is 1. The number of aryl methyl sites for hydroxylation is 5. The molecule has 10 nitrogen and oxygen atoms in total. The molecule has 0 saturated carbocycles. The molecule has 1 atom stereocenters. The van der Waals surface area contributed by atoms with E-state index < -0.39 is 5.97 Å². The SMILES string of the molecule is COCCn1c(C(=O)O)cc2c(N3CC(C)n4c(c(CCCOc5cc(C)c(Cl)c(C)c5)c5ccc(Cl)c(-c6c(C)nn(C)c6C)c54)C3=O)cccc21. The van der Waals surface area contributed by atoms with Crippen LogP contribution in [0.2, 0.25) is 10.0 Å².